The molecule has 0 fully saturated rings. The lowest BCUT2D eigenvalue weighted by molar-refractivity contribution is 1.35. The highest BCUT2D eigenvalue weighted by atomic mass is 28.3. The topological polar surface area (TPSA) is 0 Å². The van der Waals surface area contributed by atoms with Gasteiger partial charge in [0.1, 0.15) is 8.07 Å². The molecular weight excluding hydrogens is 364 g/mol. The Labute approximate surface area is 173 Å². The molecule has 4 aromatic rings. The predicted molar refractivity (Wildman–Crippen MR) is 129 cm³/mol. The standard InChI is InChI=1S/C28H24Si/c1-29(2,27-17-15-23-21-9-5-3-7-19(21)11-13-25(23)27)28-18-16-24-22-10-6-4-8-20(22)12-14-26(24)28/h3-14,17-18H,15-16H2,1-2H3. The highest BCUT2D eigenvalue weighted by Gasteiger charge is 2.37. The van der Waals surface area contributed by atoms with Gasteiger partial charge in [0, 0.05) is 0 Å². The molecule has 0 saturated carbocycles. The van der Waals surface area contributed by atoms with Gasteiger partial charge in [0.15, 0.2) is 0 Å². The van der Waals surface area contributed by atoms with Crippen molar-refractivity contribution < 1.29 is 0 Å². The van der Waals surface area contributed by atoms with Crippen molar-refractivity contribution in [2.24, 2.45) is 0 Å². The lowest BCUT2D eigenvalue weighted by atomic mass is 10.0. The van der Waals surface area contributed by atoms with E-state index in [1.165, 1.54) is 43.8 Å². The van der Waals surface area contributed by atoms with Gasteiger partial charge in [-0.05, 0) is 56.6 Å². The minimum Gasteiger partial charge on any atom is -0.0798 e. The molecule has 2 aliphatic rings. The van der Waals surface area contributed by atoms with Crippen LogP contribution in [-0.2, 0) is 12.8 Å². The third-order valence-corrected chi connectivity index (χ3v) is 10.7. The van der Waals surface area contributed by atoms with E-state index >= 15 is 0 Å². The molecule has 0 aliphatic heterocycles. The first kappa shape index (κ1) is 17.0. The van der Waals surface area contributed by atoms with Gasteiger partial charge in [0.05, 0.1) is 0 Å². The van der Waals surface area contributed by atoms with E-state index in [4.69, 9.17) is 0 Å². The number of allylic oxidation sites excluding steroid dienone is 2. The second kappa shape index (κ2) is 6.05. The van der Waals surface area contributed by atoms with E-state index in [1.54, 1.807) is 10.4 Å². The SMILES string of the molecule is C[Si](C)(C1=CCc2c1ccc1ccccc21)C1=CCc2c1ccc1ccccc21. The van der Waals surface area contributed by atoms with E-state index in [2.05, 4.69) is 98.0 Å². The average Bonchev–Trinajstić information content (AvgIpc) is 3.39. The second-order valence-electron chi connectivity index (χ2n) is 8.89. The molecule has 0 N–H and O–H groups in total. The smallest absolute Gasteiger partial charge is 0.0798 e. The first-order valence-electron chi connectivity index (χ1n) is 10.6. The zero-order chi connectivity index (χ0) is 19.6. The van der Waals surface area contributed by atoms with Crippen LogP contribution in [0.25, 0.3) is 31.9 Å². The van der Waals surface area contributed by atoms with E-state index in [0.717, 1.165) is 12.8 Å². The molecule has 29 heavy (non-hydrogen) atoms. The summed E-state index contributed by atoms with van der Waals surface area (Å²) in [5.74, 6) is 0. The van der Waals surface area contributed by atoms with Crippen molar-refractivity contribution in [1.82, 2.24) is 0 Å². The van der Waals surface area contributed by atoms with Crippen molar-refractivity contribution in [3.63, 3.8) is 0 Å². The monoisotopic (exact) mass is 388 g/mol. The van der Waals surface area contributed by atoms with Gasteiger partial charge < -0.3 is 0 Å². The fourth-order valence-electron chi connectivity index (χ4n) is 5.57. The summed E-state index contributed by atoms with van der Waals surface area (Å²) in [6, 6.07) is 27.0. The van der Waals surface area contributed by atoms with E-state index in [1.807, 2.05) is 0 Å². The Hall–Kier alpha value is -2.90. The number of hydrogen-bond donors (Lipinski definition) is 0. The molecule has 0 bridgehead atoms. The largest absolute Gasteiger partial charge is 0.113 e. The highest BCUT2D eigenvalue weighted by Crippen LogP contribution is 2.46. The van der Waals surface area contributed by atoms with Crippen LogP contribution in [0.2, 0.25) is 13.1 Å². The molecule has 2 aliphatic carbocycles. The zero-order valence-corrected chi connectivity index (χ0v) is 18.0. The highest BCUT2D eigenvalue weighted by molar-refractivity contribution is 7.08. The Morgan fingerprint density at radius 2 is 1.00 bits per heavy atom. The van der Waals surface area contributed by atoms with Gasteiger partial charge >= 0.3 is 0 Å². The summed E-state index contributed by atoms with van der Waals surface area (Å²) in [6.07, 6.45) is 7.20. The second-order valence-corrected chi connectivity index (χ2v) is 13.2. The Balaban J connectivity index is 1.48. The van der Waals surface area contributed by atoms with E-state index < -0.39 is 8.07 Å². The van der Waals surface area contributed by atoms with Gasteiger partial charge in [-0.3, -0.25) is 0 Å². The Morgan fingerprint density at radius 3 is 1.48 bits per heavy atom. The first-order valence-corrected chi connectivity index (χ1v) is 13.6. The van der Waals surface area contributed by atoms with Crippen LogP contribution in [0.3, 0.4) is 0 Å². The minimum atomic E-state index is -1.79. The summed E-state index contributed by atoms with van der Waals surface area (Å²) in [5.41, 5.74) is 6.04. The van der Waals surface area contributed by atoms with Crippen molar-refractivity contribution in [3.05, 3.63) is 107 Å². The average molecular weight is 389 g/mol. The van der Waals surface area contributed by atoms with Crippen molar-refractivity contribution in [3.8, 4) is 0 Å². The summed E-state index contributed by atoms with van der Waals surface area (Å²) in [4.78, 5) is 0. The molecule has 4 aromatic carbocycles. The maximum atomic E-state index is 2.54. The Kier molecular flexibility index (Phi) is 3.54. The van der Waals surface area contributed by atoms with Crippen LogP contribution in [0.4, 0.5) is 0 Å². The molecule has 0 atom stereocenters. The molecule has 0 saturated heterocycles. The predicted octanol–water partition coefficient (Wildman–Crippen LogP) is 7.36. The van der Waals surface area contributed by atoms with Crippen LogP contribution in [0.5, 0.6) is 0 Å². The van der Waals surface area contributed by atoms with E-state index in [0.29, 0.717) is 0 Å². The summed E-state index contributed by atoms with van der Waals surface area (Å²) < 4.78 is 0. The van der Waals surface area contributed by atoms with Crippen molar-refractivity contribution in [1.29, 1.82) is 0 Å². The molecule has 1 heteroatoms. The molecule has 0 aromatic heterocycles. The Bertz CT molecular complexity index is 1260. The van der Waals surface area contributed by atoms with Crippen LogP contribution in [0.1, 0.15) is 22.3 Å². The summed E-state index contributed by atoms with van der Waals surface area (Å²) in [5, 5.41) is 8.80. The minimum absolute atomic E-state index is 1.07. The van der Waals surface area contributed by atoms with Crippen molar-refractivity contribution >= 4 is 40.0 Å². The first-order chi connectivity index (χ1) is 14.1. The van der Waals surface area contributed by atoms with E-state index in [9.17, 15) is 0 Å². The maximum Gasteiger partial charge on any atom is 0.113 e. The normalized spacial score (nSPS) is 15.4. The van der Waals surface area contributed by atoms with E-state index in [-0.39, 0.29) is 0 Å². The third kappa shape index (κ3) is 2.37. The zero-order valence-electron chi connectivity index (χ0n) is 17.0. The van der Waals surface area contributed by atoms with Crippen LogP contribution in [0.15, 0.2) is 84.9 Å². The van der Waals surface area contributed by atoms with Crippen molar-refractivity contribution in [2.75, 3.05) is 0 Å². The Morgan fingerprint density at radius 1 is 0.552 bits per heavy atom. The molecule has 0 amide bonds. The molecular formula is C28H24Si. The van der Waals surface area contributed by atoms with Gasteiger partial charge in [-0.2, -0.15) is 0 Å². The fraction of sp³-hybridized carbons (Fsp3) is 0.143. The number of rotatable bonds is 2. The molecule has 0 heterocycles. The van der Waals surface area contributed by atoms with Gasteiger partial charge in [0.25, 0.3) is 0 Å². The third-order valence-electron chi connectivity index (χ3n) is 7.03. The van der Waals surface area contributed by atoms with Gasteiger partial charge in [-0.25, -0.2) is 0 Å². The van der Waals surface area contributed by atoms with Gasteiger partial charge in [-0.1, -0.05) is 108 Å². The summed E-state index contributed by atoms with van der Waals surface area (Å²) in [7, 11) is -1.79. The van der Waals surface area contributed by atoms with Gasteiger partial charge in [0.2, 0.25) is 0 Å². The van der Waals surface area contributed by atoms with Crippen LogP contribution >= 0.6 is 0 Å². The van der Waals surface area contributed by atoms with Gasteiger partial charge in [-0.15, -0.1) is 0 Å². The number of fused-ring (bicyclic) bond motifs is 6. The van der Waals surface area contributed by atoms with Crippen LogP contribution in [0, 0.1) is 0 Å². The molecule has 0 unspecified atom stereocenters. The number of benzene rings is 4. The molecule has 0 nitrogen and oxygen atoms in total. The summed E-state index contributed by atoms with van der Waals surface area (Å²) in [6.45, 7) is 5.08. The van der Waals surface area contributed by atoms with Crippen LogP contribution in [-0.4, -0.2) is 8.07 Å². The number of hydrogen-bond acceptors (Lipinski definition) is 0. The lowest BCUT2D eigenvalue weighted by Gasteiger charge is -2.28. The van der Waals surface area contributed by atoms with Crippen LogP contribution < -0.4 is 0 Å². The maximum absolute atomic E-state index is 2.54. The summed E-state index contributed by atoms with van der Waals surface area (Å²) >= 11 is 0. The van der Waals surface area contributed by atoms with Crippen molar-refractivity contribution in [2.45, 2.75) is 25.9 Å². The molecule has 140 valence electrons. The molecule has 0 spiro atoms. The lowest BCUT2D eigenvalue weighted by Crippen LogP contribution is -2.29. The molecule has 6 rings (SSSR count). The fourth-order valence-corrected chi connectivity index (χ4v) is 8.90. The molecule has 0 radical (unpaired) electrons. The quantitative estimate of drug-likeness (QED) is 0.315.